The second kappa shape index (κ2) is 12.6. The van der Waals surface area contributed by atoms with Crippen LogP contribution >= 0.6 is 0 Å². The number of hydrogen-bond donors (Lipinski definition) is 0. The first-order valence-electron chi connectivity index (χ1n) is 20.2. The number of para-hydroxylation sites is 3. The van der Waals surface area contributed by atoms with E-state index in [0.29, 0.717) is 0 Å². The zero-order valence-corrected chi connectivity index (χ0v) is 32.0. The average Bonchev–Trinajstić information content (AvgIpc) is 3.89. The summed E-state index contributed by atoms with van der Waals surface area (Å²) in [6, 6.07) is 67.9. The Morgan fingerprint density at radius 3 is 1.39 bits per heavy atom. The Morgan fingerprint density at radius 1 is 0.393 bits per heavy atom. The summed E-state index contributed by atoms with van der Waals surface area (Å²) in [4.78, 5) is 5.06. The molecule has 0 radical (unpaired) electrons. The summed E-state index contributed by atoms with van der Waals surface area (Å²) >= 11 is 0. The molecule has 0 saturated carbocycles. The zero-order valence-electron chi connectivity index (χ0n) is 32.0. The lowest BCUT2D eigenvalue weighted by Gasteiger charge is -2.37. The molecule has 1 spiro atoms. The molecule has 8 aromatic rings. The summed E-state index contributed by atoms with van der Waals surface area (Å²) in [7, 11) is 0. The maximum absolute atomic E-state index is 2.56. The summed E-state index contributed by atoms with van der Waals surface area (Å²) in [6.07, 6.45) is 4.34. The normalized spacial score (nSPS) is 17.0. The van der Waals surface area contributed by atoms with Crippen molar-refractivity contribution < 1.29 is 0 Å². The smallest absolute Gasteiger partial charge is 0.0505 e. The van der Waals surface area contributed by atoms with Gasteiger partial charge >= 0.3 is 0 Å². The largest absolute Gasteiger partial charge is 0.310 e. The summed E-state index contributed by atoms with van der Waals surface area (Å²) in [5, 5.41) is 2.60. The maximum Gasteiger partial charge on any atom is 0.0505 e. The fraction of sp³-hybridized carbons (Fsp3) is 0.148. The average molecular weight is 721 g/mol. The van der Waals surface area contributed by atoms with Crippen LogP contribution in [0.1, 0.15) is 60.1 Å². The van der Waals surface area contributed by atoms with Crippen LogP contribution in [0.25, 0.3) is 21.9 Å². The molecule has 2 nitrogen and oxygen atoms in total. The van der Waals surface area contributed by atoms with Crippen LogP contribution in [0.15, 0.2) is 182 Å². The van der Waals surface area contributed by atoms with E-state index in [9.17, 15) is 0 Å². The van der Waals surface area contributed by atoms with Crippen molar-refractivity contribution in [3.8, 4) is 11.1 Å². The quantitative estimate of drug-likeness (QED) is 0.169. The fourth-order valence-electron chi connectivity index (χ4n) is 10.6. The highest BCUT2D eigenvalue weighted by molar-refractivity contribution is 5.95. The van der Waals surface area contributed by atoms with Crippen LogP contribution in [0.2, 0.25) is 0 Å². The van der Waals surface area contributed by atoms with Gasteiger partial charge in [0.25, 0.3) is 0 Å². The minimum absolute atomic E-state index is 0.126. The van der Waals surface area contributed by atoms with Crippen molar-refractivity contribution in [3.63, 3.8) is 0 Å². The van der Waals surface area contributed by atoms with E-state index in [1.807, 2.05) is 0 Å². The molecule has 56 heavy (non-hydrogen) atoms. The highest BCUT2D eigenvalue weighted by Crippen LogP contribution is 2.60. The van der Waals surface area contributed by atoms with Crippen molar-refractivity contribution in [2.75, 3.05) is 9.80 Å². The monoisotopic (exact) mass is 720 g/mol. The van der Waals surface area contributed by atoms with Gasteiger partial charge in [-0.25, -0.2) is 0 Å². The van der Waals surface area contributed by atoms with Crippen molar-refractivity contribution in [1.29, 1.82) is 0 Å². The Bertz CT molecular complexity index is 2740. The van der Waals surface area contributed by atoms with Gasteiger partial charge in [0.1, 0.15) is 0 Å². The van der Waals surface area contributed by atoms with E-state index in [4.69, 9.17) is 0 Å². The van der Waals surface area contributed by atoms with Gasteiger partial charge in [0.05, 0.1) is 11.4 Å². The number of hydrogen-bond acceptors (Lipinski definition) is 2. The summed E-state index contributed by atoms with van der Waals surface area (Å²) in [6.45, 7) is 4.81. The first-order chi connectivity index (χ1) is 27.5. The number of rotatable bonds is 6. The van der Waals surface area contributed by atoms with E-state index in [1.165, 1.54) is 89.4 Å². The third-order valence-electron chi connectivity index (χ3n) is 13.2. The summed E-state index contributed by atoms with van der Waals surface area (Å²) < 4.78 is 0. The molecular weight excluding hydrogens is 677 g/mol. The van der Waals surface area contributed by atoms with Crippen molar-refractivity contribution in [3.05, 3.63) is 215 Å². The molecule has 3 aliphatic rings. The van der Waals surface area contributed by atoms with Gasteiger partial charge in [-0.1, -0.05) is 123 Å². The minimum Gasteiger partial charge on any atom is -0.310 e. The summed E-state index contributed by atoms with van der Waals surface area (Å²) in [5.41, 5.74) is 18.5. The van der Waals surface area contributed by atoms with Crippen LogP contribution in [0, 0.1) is 0 Å². The molecular formula is C54H44N2. The van der Waals surface area contributed by atoms with Crippen LogP contribution in [-0.2, 0) is 23.7 Å². The number of fused-ring (bicyclic) bond motifs is 8. The molecule has 270 valence electrons. The third kappa shape index (κ3) is 4.88. The Hall–Kier alpha value is -6.38. The Labute approximate surface area is 330 Å². The SMILES string of the molecule is CC1(C)c2cc(N(c3ccccc3)c3cccc4c3[C@]3(CCc5cccc(N(c6ccccc6)c6ccccc6)c53)CC4)ccc2-c2cc3ccccc3cc21. The lowest BCUT2D eigenvalue weighted by molar-refractivity contribution is 0.508. The van der Waals surface area contributed by atoms with Gasteiger partial charge in [-0.05, 0) is 154 Å². The highest BCUT2D eigenvalue weighted by atomic mass is 15.2. The van der Waals surface area contributed by atoms with Crippen molar-refractivity contribution in [2.45, 2.75) is 50.4 Å². The standard InChI is InChI=1S/C54H44N2/c1-53(2)47-35-40-17-13-12-16-39(40)34-46(47)45-29-28-44(36-48(45)53)56(43-24-10-5-11-25-43)50-27-15-19-38-31-33-54(52(38)50)32-30-37-18-14-26-49(51(37)54)55(41-20-6-3-7-21-41)42-22-8-4-9-23-42/h3-29,34-36H,30-33H2,1-2H3/t54-/m1/s1. The molecule has 8 aromatic carbocycles. The highest BCUT2D eigenvalue weighted by Gasteiger charge is 2.49. The van der Waals surface area contributed by atoms with Gasteiger partial charge in [-0.15, -0.1) is 0 Å². The van der Waals surface area contributed by atoms with E-state index in [1.54, 1.807) is 0 Å². The maximum atomic E-state index is 2.56. The lowest BCUT2D eigenvalue weighted by atomic mass is 9.74. The van der Waals surface area contributed by atoms with Gasteiger partial charge in [-0.3, -0.25) is 0 Å². The number of nitrogens with zero attached hydrogens (tertiary/aromatic N) is 2. The van der Waals surface area contributed by atoms with Gasteiger partial charge in [0, 0.05) is 33.6 Å². The first kappa shape index (κ1) is 33.0. The van der Waals surface area contributed by atoms with Crippen LogP contribution < -0.4 is 9.80 Å². The molecule has 0 bridgehead atoms. The Kier molecular flexibility index (Phi) is 7.41. The van der Waals surface area contributed by atoms with E-state index in [-0.39, 0.29) is 10.8 Å². The number of anilines is 6. The molecule has 3 aliphatic carbocycles. The molecule has 1 atom stereocenters. The molecule has 0 heterocycles. The van der Waals surface area contributed by atoms with Crippen molar-refractivity contribution in [1.82, 2.24) is 0 Å². The summed E-state index contributed by atoms with van der Waals surface area (Å²) in [5.74, 6) is 0. The molecule has 0 amide bonds. The van der Waals surface area contributed by atoms with Crippen LogP contribution in [0.4, 0.5) is 34.1 Å². The van der Waals surface area contributed by atoms with E-state index >= 15 is 0 Å². The molecule has 0 saturated heterocycles. The lowest BCUT2D eigenvalue weighted by Crippen LogP contribution is -2.27. The molecule has 0 N–H and O–H groups in total. The van der Waals surface area contributed by atoms with E-state index in [2.05, 4.69) is 206 Å². The minimum atomic E-state index is -0.134. The number of benzene rings is 8. The first-order valence-corrected chi connectivity index (χ1v) is 20.2. The van der Waals surface area contributed by atoms with Crippen molar-refractivity contribution in [2.24, 2.45) is 0 Å². The molecule has 0 aliphatic heterocycles. The zero-order chi connectivity index (χ0) is 37.4. The van der Waals surface area contributed by atoms with Gasteiger partial charge in [0.2, 0.25) is 0 Å². The second-order valence-electron chi connectivity index (χ2n) is 16.5. The van der Waals surface area contributed by atoms with Gasteiger partial charge < -0.3 is 9.80 Å². The Morgan fingerprint density at radius 2 is 0.857 bits per heavy atom. The van der Waals surface area contributed by atoms with E-state index < -0.39 is 0 Å². The topological polar surface area (TPSA) is 6.48 Å². The molecule has 0 aromatic heterocycles. The Balaban J connectivity index is 1.11. The fourth-order valence-corrected chi connectivity index (χ4v) is 10.6. The van der Waals surface area contributed by atoms with Crippen LogP contribution in [-0.4, -0.2) is 0 Å². The predicted octanol–water partition coefficient (Wildman–Crippen LogP) is 14.3. The molecule has 0 unspecified atom stereocenters. The van der Waals surface area contributed by atoms with Crippen molar-refractivity contribution >= 4 is 44.9 Å². The number of aryl methyl sites for hydroxylation is 2. The predicted molar refractivity (Wildman–Crippen MR) is 235 cm³/mol. The third-order valence-corrected chi connectivity index (χ3v) is 13.2. The molecule has 2 heteroatoms. The van der Waals surface area contributed by atoms with Gasteiger partial charge in [0.15, 0.2) is 0 Å². The van der Waals surface area contributed by atoms with Crippen LogP contribution in [0.3, 0.4) is 0 Å². The van der Waals surface area contributed by atoms with Crippen LogP contribution in [0.5, 0.6) is 0 Å². The molecule has 11 rings (SSSR count). The van der Waals surface area contributed by atoms with Gasteiger partial charge in [-0.2, -0.15) is 0 Å². The second-order valence-corrected chi connectivity index (χ2v) is 16.5. The van der Waals surface area contributed by atoms with E-state index in [0.717, 1.165) is 25.7 Å². The molecule has 0 fully saturated rings.